The molecule has 9 nitrogen and oxygen atoms in total. The molecule has 0 aromatic carbocycles. The van der Waals surface area contributed by atoms with Gasteiger partial charge in [-0.15, -0.1) is 0 Å². The van der Waals surface area contributed by atoms with Crippen molar-refractivity contribution in [3.05, 3.63) is 30.3 Å². The van der Waals surface area contributed by atoms with Crippen LogP contribution in [0, 0.1) is 12.3 Å². The zero-order chi connectivity index (χ0) is 24.3. The maximum atomic E-state index is 13.2. The molecule has 13 heteroatoms. The minimum Gasteiger partial charge on any atom is -0.369 e. The molecule has 1 aliphatic rings. The van der Waals surface area contributed by atoms with Gasteiger partial charge >= 0.3 is 6.18 Å². The minimum atomic E-state index is -4.79. The van der Waals surface area contributed by atoms with Crippen molar-refractivity contribution in [3.63, 3.8) is 0 Å². The summed E-state index contributed by atoms with van der Waals surface area (Å²) >= 11 is 0. The molecule has 32 heavy (non-hydrogen) atoms. The zero-order valence-corrected chi connectivity index (χ0v) is 18.2. The summed E-state index contributed by atoms with van der Waals surface area (Å²) < 4.78 is 65.3. The predicted octanol–water partition coefficient (Wildman–Crippen LogP) is 1.04. The van der Waals surface area contributed by atoms with E-state index in [2.05, 4.69) is 10.3 Å². The number of nitrogens with two attached hydrogens (primary N) is 1. The molecule has 2 rings (SSSR count). The van der Waals surface area contributed by atoms with Crippen molar-refractivity contribution >= 4 is 27.6 Å². The second kappa shape index (κ2) is 9.94. The Hall–Kier alpha value is -2.54. The normalized spacial score (nSPS) is 21.0. The number of halogens is 3. The fourth-order valence-corrected chi connectivity index (χ4v) is 4.53. The summed E-state index contributed by atoms with van der Waals surface area (Å²) in [6, 6.07) is -0.340. The van der Waals surface area contributed by atoms with E-state index in [0.717, 1.165) is 6.42 Å². The second-order valence-corrected chi connectivity index (χ2v) is 9.37. The number of primary amides is 1. The van der Waals surface area contributed by atoms with Crippen LogP contribution in [0.1, 0.15) is 38.7 Å². The van der Waals surface area contributed by atoms with Crippen molar-refractivity contribution in [2.75, 3.05) is 6.54 Å². The number of sulfonamides is 1. The van der Waals surface area contributed by atoms with Gasteiger partial charge in [-0.2, -0.15) is 21.6 Å². The molecule has 3 N–H and O–H groups in total. The van der Waals surface area contributed by atoms with Gasteiger partial charge in [0.15, 0.2) is 10.8 Å². The molecule has 0 spiro atoms. The molecular weight excluding hydrogens is 453 g/mol. The smallest absolute Gasteiger partial charge is 0.369 e. The van der Waals surface area contributed by atoms with E-state index < -0.39 is 56.3 Å². The van der Waals surface area contributed by atoms with Crippen LogP contribution >= 0.6 is 0 Å². The molecule has 1 fully saturated rings. The maximum Gasteiger partial charge on any atom is 0.417 e. The Morgan fingerprint density at radius 1 is 1.34 bits per heavy atom. The molecule has 1 aromatic rings. The summed E-state index contributed by atoms with van der Waals surface area (Å²) in [6.45, 7) is 3.03. The van der Waals surface area contributed by atoms with E-state index in [1.165, 1.54) is 6.92 Å². The van der Waals surface area contributed by atoms with E-state index in [-0.39, 0.29) is 25.4 Å². The van der Waals surface area contributed by atoms with E-state index >= 15 is 0 Å². The number of nitrogens with one attached hydrogen (secondary N) is 1. The van der Waals surface area contributed by atoms with E-state index in [9.17, 15) is 36.0 Å². The van der Waals surface area contributed by atoms with Crippen LogP contribution in [0.2, 0.25) is 0 Å². The van der Waals surface area contributed by atoms with Gasteiger partial charge in [0.05, 0.1) is 18.5 Å². The predicted molar refractivity (Wildman–Crippen MR) is 106 cm³/mol. The first-order chi connectivity index (χ1) is 14.7. The summed E-state index contributed by atoms with van der Waals surface area (Å²) in [5.41, 5.74) is 3.99. The van der Waals surface area contributed by atoms with Crippen molar-refractivity contribution in [1.82, 2.24) is 14.6 Å². The van der Waals surface area contributed by atoms with Crippen LogP contribution in [0.5, 0.6) is 0 Å². The topological polar surface area (TPSA) is 140 Å². The zero-order valence-electron chi connectivity index (χ0n) is 17.4. The fraction of sp³-hybridized carbons (Fsp3) is 0.526. The first-order valence-electron chi connectivity index (χ1n) is 9.75. The molecule has 1 radical (unpaired) electrons. The lowest BCUT2D eigenvalue weighted by molar-refractivity contribution is -0.138. The van der Waals surface area contributed by atoms with Crippen LogP contribution in [0.25, 0.3) is 0 Å². The first kappa shape index (κ1) is 25.7. The highest BCUT2D eigenvalue weighted by atomic mass is 32.2. The highest BCUT2D eigenvalue weighted by Crippen LogP contribution is 2.30. The quantitative estimate of drug-likeness (QED) is 0.598. The Morgan fingerprint density at radius 2 is 2.00 bits per heavy atom. The molecule has 0 bridgehead atoms. The van der Waals surface area contributed by atoms with Gasteiger partial charge in [-0.1, -0.05) is 6.92 Å². The largest absolute Gasteiger partial charge is 0.417 e. The van der Waals surface area contributed by atoms with E-state index in [0.29, 0.717) is 29.1 Å². The van der Waals surface area contributed by atoms with Crippen molar-refractivity contribution < 1.29 is 36.0 Å². The summed E-state index contributed by atoms with van der Waals surface area (Å²) in [5.74, 6) is -3.15. The molecule has 1 aromatic heterocycles. The van der Waals surface area contributed by atoms with Crippen molar-refractivity contribution in [3.8, 4) is 0 Å². The SMILES string of the molecule is C[C@@H]1CC[C@H](N(C(=O)[CH]C[C@H](C)C(N)=O)S(=O)(=O)c2ccc(C(F)(F)F)cn2)C(=O)CN1. The first-order valence-corrected chi connectivity index (χ1v) is 11.2. The standard InChI is InChI=1S/C19H24F3N4O5S/c1-11(18(23)29)3-8-17(28)26(14-6-4-12(2)24-10-15(14)27)32(30,31)16-7-5-13(9-25-16)19(20,21)22/h5,7-9,11-12,14,24H,3-4,6,10H2,1-2H3,(H2,23,29)/t11-,12+,14-/m0/s1. The lowest BCUT2D eigenvalue weighted by atomic mass is 10.0. The average Bonchev–Trinajstić information content (AvgIpc) is 2.87. The number of aromatic nitrogens is 1. The Kier molecular flexibility index (Phi) is 7.99. The second-order valence-electron chi connectivity index (χ2n) is 7.61. The number of Topliss-reactive ketones (excluding diaryl/α,β-unsaturated/α-hetero) is 1. The molecule has 0 aliphatic carbocycles. The minimum absolute atomic E-state index is 0.0117. The number of carbonyl (C=O) groups excluding carboxylic acids is 3. The third-order valence-electron chi connectivity index (χ3n) is 5.09. The van der Waals surface area contributed by atoms with Gasteiger partial charge in [0.2, 0.25) is 11.8 Å². The lowest BCUT2D eigenvalue weighted by Crippen LogP contribution is -2.50. The number of hydrogen-bond acceptors (Lipinski definition) is 7. The van der Waals surface area contributed by atoms with Gasteiger partial charge in [-0.25, -0.2) is 9.29 Å². The number of alkyl halides is 3. The summed E-state index contributed by atoms with van der Waals surface area (Å²) in [4.78, 5) is 40.2. The number of amides is 2. The number of hydrogen-bond donors (Lipinski definition) is 2. The molecule has 1 aliphatic heterocycles. The van der Waals surface area contributed by atoms with E-state index in [1.807, 2.05) is 0 Å². The summed E-state index contributed by atoms with van der Waals surface area (Å²) in [6.07, 6.45) is -3.27. The number of carbonyl (C=O) groups is 3. The Morgan fingerprint density at radius 3 is 2.53 bits per heavy atom. The molecule has 2 amide bonds. The van der Waals surface area contributed by atoms with E-state index in [1.54, 1.807) is 6.92 Å². The van der Waals surface area contributed by atoms with Crippen LogP contribution in [0.15, 0.2) is 23.4 Å². The monoisotopic (exact) mass is 477 g/mol. The Balaban J connectivity index is 2.45. The summed E-state index contributed by atoms with van der Waals surface area (Å²) in [7, 11) is -4.79. The third kappa shape index (κ3) is 6.03. The van der Waals surface area contributed by atoms with Crippen LogP contribution in [0.4, 0.5) is 13.2 Å². The number of ketones is 1. The molecule has 177 valence electrons. The maximum absolute atomic E-state index is 13.2. The number of rotatable bonds is 7. The van der Waals surface area contributed by atoms with Crippen LogP contribution in [-0.2, 0) is 30.6 Å². The molecule has 2 heterocycles. The van der Waals surface area contributed by atoms with Gasteiger partial charge in [0.1, 0.15) is 6.04 Å². The Bertz CT molecular complexity index is 966. The molecular formula is C19H24F3N4O5S. The van der Waals surface area contributed by atoms with Gasteiger partial charge in [-0.3, -0.25) is 14.4 Å². The lowest BCUT2D eigenvalue weighted by Gasteiger charge is -2.29. The molecule has 0 saturated carbocycles. The van der Waals surface area contributed by atoms with E-state index in [4.69, 9.17) is 5.73 Å². The molecule has 1 saturated heterocycles. The van der Waals surface area contributed by atoms with Gasteiger partial charge in [0, 0.05) is 18.2 Å². The van der Waals surface area contributed by atoms with Crippen LogP contribution < -0.4 is 11.1 Å². The number of pyridine rings is 1. The number of nitrogens with zero attached hydrogens (tertiary/aromatic N) is 2. The highest BCUT2D eigenvalue weighted by molar-refractivity contribution is 7.89. The molecule has 0 unspecified atom stereocenters. The van der Waals surface area contributed by atoms with Crippen molar-refractivity contribution in [1.29, 1.82) is 0 Å². The van der Waals surface area contributed by atoms with Crippen LogP contribution in [0.3, 0.4) is 0 Å². The fourth-order valence-electron chi connectivity index (χ4n) is 3.04. The third-order valence-corrected chi connectivity index (χ3v) is 6.81. The highest BCUT2D eigenvalue weighted by Gasteiger charge is 2.41. The van der Waals surface area contributed by atoms with Crippen molar-refractivity contribution in [2.45, 2.75) is 56.4 Å². The van der Waals surface area contributed by atoms with Crippen molar-refractivity contribution in [2.24, 2.45) is 11.7 Å². The van der Waals surface area contributed by atoms with Gasteiger partial charge in [0.25, 0.3) is 10.0 Å². The van der Waals surface area contributed by atoms with Crippen LogP contribution in [-0.4, -0.2) is 53.9 Å². The van der Waals surface area contributed by atoms with Gasteiger partial charge < -0.3 is 11.1 Å². The van der Waals surface area contributed by atoms with Gasteiger partial charge in [-0.05, 0) is 38.3 Å². The summed E-state index contributed by atoms with van der Waals surface area (Å²) in [5, 5.41) is 2.09. The molecule has 3 atom stereocenters. The average molecular weight is 477 g/mol. The Labute approximate surface area is 183 Å².